The molecule has 0 aliphatic carbocycles. The van der Waals surface area contributed by atoms with Crippen LogP contribution in [0.3, 0.4) is 0 Å². The van der Waals surface area contributed by atoms with Crippen molar-refractivity contribution in [2.45, 2.75) is 19.6 Å². The van der Waals surface area contributed by atoms with Crippen LogP contribution in [0.1, 0.15) is 0 Å². The molecule has 0 bridgehead atoms. The average Bonchev–Trinajstić information content (AvgIpc) is 0.811. The minimum absolute atomic E-state index is 0. The Balaban J connectivity index is -0.0000000450. The smallest absolute Gasteiger partial charge is 0.0379 e. The molecule has 0 aliphatic heterocycles. The molecule has 6 heavy (non-hydrogen) atoms. The van der Waals surface area contributed by atoms with E-state index >= 15 is 0 Å². The molecule has 0 aliphatic rings. The first-order valence-corrected chi connectivity index (χ1v) is 4.50. The van der Waals surface area contributed by atoms with Gasteiger partial charge in [-0.05, 0) is 0 Å². The van der Waals surface area contributed by atoms with E-state index in [1.54, 1.807) is 0 Å². The molecule has 0 nitrogen and oxygen atoms in total. The van der Waals surface area contributed by atoms with Crippen molar-refractivity contribution in [3.8, 4) is 0 Å². The zero-order valence-electron chi connectivity index (χ0n) is 4.71. The Kier molecular flexibility index (Phi) is 25.1. The molecule has 0 aromatic carbocycles. The van der Waals surface area contributed by atoms with Crippen molar-refractivity contribution in [3.05, 3.63) is 0 Å². The molecule has 0 unspecified atom stereocenters. The van der Waals surface area contributed by atoms with Crippen molar-refractivity contribution in [3.63, 3.8) is 0 Å². The molecule has 0 saturated heterocycles. The standard InChI is InChI=1S/C3H9Si.Hg.Si/c1-4(2)3;;/h1-3H3;;. The molecule has 0 N–H and O–H groups in total. The van der Waals surface area contributed by atoms with Crippen LogP contribution in [-0.4, -0.2) is 19.8 Å². The molecule has 0 rings (SSSR count). The molecule has 0 spiro atoms. The maximum absolute atomic E-state index is 2.27. The van der Waals surface area contributed by atoms with Gasteiger partial charge in [0.15, 0.2) is 0 Å². The summed E-state index contributed by atoms with van der Waals surface area (Å²) in [5.41, 5.74) is 0. The van der Waals surface area contributed by atoms with Gasteiger partial charge in [-0.3, -0.25) is 0 Å². The third-order valence-corrected chi connectivity index (χ3v) is 0. The first kappa shape index (κ1) is 15.7. The molecule has 0 aromatic heterocycles. The largest absolute Gasteiger partial charge is 0.0715 e. The Morgan fingerprint density at radius 1 is 1.00 bits per heavy atom. The maximum atomic E-state index is 2.27. The topological polar surface area (TPSA) is 0 Å². The second kappa shape index (κ2) is 9.62. The van der Waals surface area contributed by atoms with Gasteiger partial charge in [0.05, 0.1) is 0 Å². The summed E-state index contributed by atoms with van der Waals surface area (Å²) in [4.78, 5) is 0. The van der Waals surface area contributed by atoms with E-state index in [0.29, 0.717) is 0 Å². The van der Waals surface area contributed by atoms with E-state index in [1.165, 1.54) is 0 Å². The van der Waals surface area contributed by atoms with Crippen LogP contribution in [0.5, 0.6) is 0 Å². The molecule has 0 atom stereocenters. The minimum Gasteiger partial charge on any atom is -0.0715 e. The Bertz CT molecular complexity index is 13.5. The van der Waals surface area contributed by atoms with Gasteiger partial charge in [0, 0.05) is 47.4 Å². The fourth-order valence-electron chi connectivity index (χ4n) is 0. The van der Waals surface area contributed by atoms with E-state index in [4.69, 9.17) is 0 Å². The summed E-state index contributed by atoms with van der Waals surface area (Å²) in [5.74, 6) is 0. The Morgan fingerprint density at radius 2 is 1.00 bits per heavy atom. The molecule has 0 amide bonds. The molecule has 0 aromatic rings. The molecule has 3 heteroatoms. The van der Waals surface area contributed by atoms with Gasteiger partial charge in [-0.1, -0.05) is 19.6 Å². The van der Waals surface area contributed by atoms with Crippen LogP contribution in [0.2, 0.25) is 19.6 Å². The van der Waals surface area contributed by atoms with E-state index in [2.05, 4.69) is 19.6 Å². The number of hydrogen-bond acceptors (Lipinski definition) is 0. The summed E-state index contributed by atoms with van der Waals surface area (Å²) in [6.07, 6.45) is 0. The van der Waals surface area contributed by atoms with Gasteiger partial charge < -0.3 is 0 Å². The second-order valence-corrected chi connectivity index (χ2v) is 4.50. The fraction of sp³-hybridized carbons (Fsp3) is 1.00. The number of rotatable bonds is 0. The van der Waals surface area contributed by atoms with Gasteiger partial charge in [-0.2, -0.15) is 0 Å². The molecular weight excluding hydrogens is 293 g/mol. The second-order valence-electron chi connectivity index (χ2n) is 1.50. The summed E-state index contributed by atoms with van der Waals surface area (Å²) in [7, 11) is 0.120. The Morgan fingerprint density at radius 3 is 1.00 bits per heavy atom. The molecule has 5 radical (unpaired) electrons. The van der Waals surface area contributed by atoms with E-state index in [9.17, 15) is 0 Å². The first-order valence-electron chi connectivity index (χ1n) is 1.50. The zero-order valence-corrected chi connectivity index (χ0v) is 12.2. The summed E-state index contributed by atoms with van der Waals surface area (Å²) in [6, 6.07) is 0. The monoisotopic (exact) mass is 303 g/mol. The van der Waals surface area contributed by atoms with Crippen molar-refractivity contribution in [2.24, 2.45) is 0 Å². The van der Waals surface area contributed by atoms with Gasteiger partial charge in [0.1, 0.15) is 0 Å². The summed E-state index contributed by atoms with van der Waals surface area (Å²) in [5, 5.41) is 0. The van der Waals surface area contributed by atoms with Crippen LogP contribution in [-0.2, 0) is 27.7 Å². The molecule has 0 heterocycles. The Hall–Kier alpha value is 1.37. The Labute approximate surface area is 66.9 Å². The van der Waals surface area contributed by atoms with Crippen LogP contribution in [0.15, 0.2) is 0 Å². The normalized spacial score (nSPS) is 6.00. The zero-order chi connectivity index (χ0) is 3.58. The average molecular weight is 302 g/mol. The number of hydrogen-bond donors (Lipinski definition) is 0. The molecule has 0 fully saturated rings. The van der Waals surface area contributed by atoms with Crippen LogP contribution < -0.4 is 0 Å². The minimum atomic E-state index is 0. The predicted octanol–water partition coefficient (Wildman–Crippen LogP) is 0.987. The SMILES string of the molecule is C[Si](C)C.[Hg].[Si]. The first-order chi connectivity index (χ1) is 1.73. The van der Waals surface area contributed by atoms with Crippen molar-refractivity contribution in [1.29, 1.82) is 0 Å². The maximum Gasteiger partial charge on any atom is 0.0379 e. The molecular formula is C3H9HgSi2. The van der Waals surface area contributed by atoms with E-state index in [1.807, 2.05) is 0 Å². The van der Waals surface area contributed by atoms with Crippen molar-refractivity contribution in [2.75, 3.05) is 0 Å². The van der Waals surface area contributed by atoms with Gasteiger partial charge in [-0.15, -0.1) is 0 Å². The van der Waals surface area contributed by atoms with Gasteiger partial charge in [0.25, 0.3) is 0 Å². The van der Waals surface area contributed by atoms with Gasteiger partial charge >= 0.3 is 0 Å². The van der Waals surface area contributed by atoms with Gasteiger partial charge in [0.2, 0.25) is 0 Å². The summed E-state index contributed by atoms with van der Waals surface area (Å²) in [6.45, 7) is 6.81. The van der Waals surface area contributed by atoms with E-state index in [0.717, 1.165) is 0 Å². The van der Waals surface area contributed by atoms with Crippen LogP contribution in [0.25, 0.3) is 0 Å². The third-order valence-electron chi connectivity index (χ3n) is 0. The van der Waals surface area contributed by atoms with Crippen molar-refractivity contribution >= 4 is 19.8 Å². The van der Waals surface area contributed by atoms with Crippen LogP contribution in [0, 0.1) is 0 Å². The van der Waals surface area contributed by atoms with E-state index < -0.39 is 0 Å². The van der Waals surface area contributed by atoms with Crippen LogP contribution >= 0.6 is 0 Å². The predicted molar refractivity (Wildman–Crippen MR) is 29.1 cm³/mol. The summed E-state index contributed by atoms with van der Waals surface area (Å²) < 4.78 is 0. The van der Waals surface area contributed by atoms with Gasteiger partial charge in [-0.25, -0.2) is 0 Å². The third kappa shape index (κ3) is 54.7. The molecule has 31 valence electrons. The van der Waals surface area contributed by atoms with E-state index in [-0.39, 0.29) is 47.4 Å². The van der Waals surface area contributed by atoms with Crippen LogP contribution in [0.4, 0.5) is 0 Å². The quantitative estimate of drug-likeness (QED) is 0.585. The summed E-state index contributed by atoms with van der Waals surface area (Å²) >= 11 is 0. The van der Waals surface area contributed by atoms with Crippen molar-refractivity contribution in [1.82, 2.24) is 0 Å². The fourth-order valence-corrected chi connectivity index (χ4v) is 0. The van der Waals surface area contributed by atoms with Crippen molar-refractivity contribution < 1.29 is 27.7 Å². The molecule has 0 saturated carbocycles.